The van der Waals surface area contributed by atoms with Crippen LogP contribution in [0.15, 0.2) is 16.0 Å². The lowest BCUT2D eigenvalue weighted by molar-refractivity contribution is 0.301. The van der Waals surface area contributed by atoms with Gasteiger partial charge in [-0.15, -0.1) is 11.3 Å². The van der Waals surface area contributed by atoms with Crippen LogP contribution in [0, 0.1) is 6.92 Å². The second kappa shape index (κ2) is 4.93. The zero-order chi connectivity index (χ0) is 14.5. The van der Waals surface area contributed by atoms with Gasteiger partial charge in [0.15, 0.2) is 6.35 Å². The van der Waals surface area contributed by atoms with Crippen LogP contribution in [0.2, 0.25) is 0 Å². The third kappa shape index (κ3) is 2.44. The van der Waals surface area contributed by atoms with E-state index in [9.17, 15) is 4.57 Å². The number of benzene rings is 1. The lowest BCUT2D eigenvalue weighted by Gasteiger charge is -2.14. The van der Waals surface area contributed by atoms with Crippen LogP contribution in [0.5, 0.6) is 5.75 Å². The Bertz CT molecular complexity index is 739. The molecule has 0 spiro atoms. The largest absolute Gasteiger partial charge is 0.480 e. The van der Waals surface area contributed by atoms with Crippen molar-refractivity contribution in [2.45, 2.75) is 13.3 Å². The predicted octanol–water partition coefficient (Wildman–Crippen LogP) is 3.30. The molecule has 0 saturated carbocycles. The number of aromatic nitrogens is 1. The van der Waals surface area contributed by atoms with E-state index in [-0.39, 0.29) is 0 Å². The minimum absolute atomic E-state index is 0.480. The highest BCUT2D eigenvalue weighted by molar-refractivity contribution is 9.10. The Hall–Kier alpha value is -0.720. The summed E-state index contributed by atoms with van der Waals surface area (Å²) in [7, 11) is -4.20. The molecule has 0 fully saturated rings. The van der Waals surface area contributed by atoms with Gasteiger partial charge in [-0.3, -0.25) is 4.57 Å². The minimum atomic E-state index is -4.20. The van der Waals surface area contributed by atoms with Crippen molar-refractivity contribution in [2.24, 2.45) is 0 Å². The molecule has 20 heavy (non-hydrogen) atoms. The lowest BCUT2D eigenvalue weighted by atomic mass is 10.0. The minimum Gasteiger partial charge on any atom is -0.480 e. The maximum absolute atomic E-state index is 11.0. The van der Waals surface area contributed by atoms with Gasteiger partial charge in [0.25, 0.3) is 0 Å². The number of hydrogen-bond acceptors (Lipinski definition) is 4. The summed E-state index contributed by atoms with van der Waals surface area (Å²) in [4.78, 5) is 23.4. The Balaban J connectivity index is 2.10. The molecule has 106 valence electrons. The quantitative estimate of drug-likeness (QED) is 0.686. The fraction of sp³-hybridized carbons (Fsp3) is 0.250. The molecule has 2 N–H and O–H groups in total. The van der Waals surface area contributed by atoms with Crippen LogP contribution in [0.25, 0.3) is 11.3 Å². The van der Waals surface area contributed by atoms with Gasteiger partial charge in [0.1, 0.15) is 5.75 Å². The molecule has 0 radical (unpaired) electrons. The van der Waals surface area contributed by atoms with Gasteiger partial charge in [-0.2, -0.15) is 0 Å². The number of ether oxygens (including phenoxy) is 1. The molecule has 0 saturated heterocycles. The van der Waals surface area contributed by atoms with Crippen LogP contribution in [-0.2, 0) is 11.0 Å². The Morgan fingerprint density at radius 2 is 2.30 bits per heavy atom. The molecule has 2 aromatic rings. The van der Waals surface area contributed by atoms with E-state index in [1.54, 1.807) is 22.9 Å². The van der Waals surface area contributed by atoms with E-state index in [0.717, 1.165) is 38.2 Å². The van der Waals surface area contributed by atoms with Crippen molar-refractivity contribution in [1.82, 2.24) is 4.98 Å². The van der Waals surface area contributed by atoms with Crippen LogP contribution < -0.4 is 4.74 Å². The van der Waals surface area contributed by atoms with Gasteiger partial charge in [-0.1, -0.05) is 15.9 Å². The average molecular weight is 376 g/mol. The summed E-state index contributed by atoms with van der Waals surface area (Å²) in [6.45, 7) is 1.93. The Morgan fingerprint density at radius 3 is 3.00 bits per heavy atom. The smallest absolute Gasteiger partial charge is 0.362 e. The van der Waals surface area contributed by atoms with Crippen molar-refractivity contribution in [3.8, 4) is 17.0 Å². The van der Waals surface area contributed by atoms with Gasteiger partial charge < -0.3 is 14.5 Å². The molecule has 1 aromatic carbocycles. The molecule has 0 atom stereocenters. The summed E-state index contributed by atoms with van der Waals surface area (Å²) in [5, 5.41) is 0. The van der Waals surface area contributed by atoms with Gasteiger partial charge in [0.2, 0.25) is 0 Å². The third-order valence-corrected chi connectivity index (χ3v) is 5.51. The molecular formula is C12H11BrNO4PS. The molecule has 0 bridgehead atoms. The Morgan fingerprint density at radius 1 is 1.55 bits per heavy atom. The van der Waals surface area contributed by atoms with Crippen molar-refractivity contribution < 1.29 is 19.1 Å². The molecule has 1 aliphatic carbocycles. The molecular weight excluding hydrogens is 365 g/mol. The van der Waals surface area contributed by atoms with Crippen molar-refractivity contribution in [3.63, 3.8) is 0 Å². The first-order valence-corrected chi connectivity index (χ1v) is 9.26. The molecule has 8 heteroatoms. The van der Waals surface area contributed by atoms with Crippen LogP contribution in [0.1, 0.15) is 16.0 Å². The van der Waals surface area contributed by atoms with E-state index in [1.165, 1.54) is 0 Å². The first kappa shape index (κ1) is 14.2. The summed E-state index contributed by atoms with van der Waals surface area (Å²) in [6, 6.07) is 1.78. The van der Waals surface area contributed by atoms with Crippen LogP contribution >= 0.6 is 34.9 Å². The van der Waals surface area contributed by atoms with Gasteiger partial charge in [0.05, 0.1) is 11.2 Å². The molecule has 0 amide bonds. The highest BCUT2D eigenvalue weighted by atomic mass is 79.9. The summed E-state index contributed by atoms with van der Waals surface area (Å²) < 4.78 is 17.4. The van der Waals surface area contributed by atoms with Crippen molar-refractivity contribution in [1.29, 1.82) is 0 Å². The van der Waals surface area contributed by atoms with Gasteiger partial charge in [-0.25, -0.2) is 4.98 Å². The topological polar surface area (TPSA) is 79.7 Å². The Kier molecular flexibility index (Phi) is 3.51. The standard InChI is InChI=1S/C12H11BrNO4PS/c1-6-2-8(18-5-19(15,16)17)10-7(11(6)13)3-9-12(10)14-4-20-9/h2,4H,3,5H2,1H3,(H2,15,16,17). The molecule has 1 aliphatic rings. The second-order valence-electron chi connectivity index (χ2n) is 4.60. The number of halogens is 1. The van der Waals surface area contributed by atoms with Crippen molar-refractivity contribution >= 4 is 34.9 Å². The molecule has 0 aliphatic heterocycles. The monoisotopic (exact) mass is 375 g/mol. The second-order valence-corrected chi connectivity index (χ2v) is 7.92. The number of fused-ring (bicyclic) bond motifs is 3. The molecule has 3 rings (SSSR count). The molecule has 1 aromatic heterocycles. The maximum Gasteiger partial charge on any atom is 0.362 e. The lowest BCUT2D eigenvalue weighted by Crippen LogP contribution is -2.01. The molecule has 1 heterocycles. The van der Waals surface area contributed by atoms with E-state index in [0.29, 0.717) is 5.75 Å². The van der Waals surface area contributed by atoms with Crippen LogP contribution in [0.4, 0.5) is 0 Å². The van der Waals surface area contributed by atoms with Crippen molar-refractivity contribution in [3.05, 3.63) is 32.1 Å². The van der Waals surface area contributed by atoms with Crippen LogP contribution in [0.3, 0.4) is 0 Å². The number of hydrogen-bond donors (Lipinski definition) is 2. The van der Waals surface area contributed by atoms with Crippen molar-refractivity contribution in [2.75, 3.05) is 6.35 Å². The molecule has 0 unspecified atom stereocenters. The zero-order valence-corrected chi connectivity index (χ0v) is 13.8. The maximum atomic E-state index is 11.0. The SMILES string of the molecule is Cc1cc(OCP(=O)(O)O)c2c(c1Br)Cc1scnc1-2. The number of thiazole rings is 1. The predicted molar refractivity (Wildman–Crippen MR) is 80.3 cm³/mol. The van der Waals surface area contributed by atoms with E-state index in [1.807, 2.05) is 6.92 Å². The highest BCUT2D eigenvalue weighted by Gasteiger charge is 2.29. The normalized spacial score (nSPS) is 13.2. The summed E-state index contributed by atoms with van der Waals surface area (Å²) >= 11 is 5.14. The summed E-state index contributed by atoms with van der Waals surface area (Å²) in [5.41, 5.74) is 5.51. The molecule has 5 nitrogen and oxygen atoms in total. The first-order chi connectivity index (χ1) is 9.37. The fourth-order valence-electron chi connectivity index (χ4n) is 2.28. The fourth-order valence-corrected chi connectivity index (χ4v) is 3.82. The Labute approximate surface area is 127 Å². The van der Waals surface area contributed by atoms with Crippen LogP contribution in [-0.4, -0.2) is 21.1 Å². The zero-order valence-electron chi connectivity index (χ0n) is 10.5. The third-order valence-electron chi connectivity index (χ3n) is 3.11. The van der Waals surface area contributed by atoms with Gasteiger partial charge in [-0.05, 0) is 24.1 Å². The number of nitrogens with zero attached hydrogens (tertiary/aromatic N) is 1. The highest BCUT2D eigenvalue weighted by Crippen LogP contribution is 2.48. The van der Waals surface area contributed by atoms with E-state index < -0.39 is 13.9 Å². The average Bonchev–Trinajstić information content (AvgIpc) is 2.91. The first-order valence-electron chi connectivity index (χ1n) is 5.79. The number of aryl methyl sites for hydroxylation is 1. The van der Waals surface area contributed by atoms with E-state index in [2.05, 4.69) is 20.9 Å². The van der Waals surface area contributed by atoms with Gasteiger partial charge in [0, 0.05) is 21.3 Å². The summed E-state index contributed by atoms with van der Waals surface area (Å²) in [5.74, 6) is 0.480. The summed E-state index contributed by atoms with van der Waals surface area (Å²) in [6.07, 6.45) is 0.143. The van der Waals surface area contributed by atoms with Gasteiger partial charge >= 0.3 is 7.60 Å². The van der Waals surface area contributed by atoms with E-state index >= 15 is 0 Å². The van der Waals surface area contributed by atoms with E-state index in [4.69, 9.17) is 14.5 Å². The number of rotatable bonds is 3.